The minimum atomic E-state index is -0.837. The summed E-state index contributed by atoms with van der Waals surface area (Å²) in [5, 5.41) is 20.6. The van der Waals surface area contributed by atoms with E-state index in [1.165, 1.54) is 0 Å². The Kier molecular flexibility index (Phi) is 4.17. The molecule has 1 heterocycles. The van der Waals surface area contributed by atoms with Gasteiger partial charge in [-0.25, -0.2) is 4.68 Å². The van der Waals surface area contributed by atoms with E-state index in [1.54, 1.807) is 11.6 Å². The predicted octanol–water partition coefficient (Wildman–Crippen LogP) is 0.236. The molecule has 0 aliphatic carbocycles. The van der Waals surface area contributed by atoms with Crippen molar-refractivity contribution in [3.63, 3.8) is 0 Å². The van der Waals surface area contributed by atoms with E-state index in [1.807, 2.05) is 25.9 Å². The van der Waals surface area contributed by atoms with Crippen molar-refractivity contribution in [2.45, 2.75) is 33.4 Å². The summed E-state index contributed by atoms with van der Waals surface area (Å²) in [5.74, 6) is -0.151. The third-order valence-corrected chi connectivity index (χ3v) is 2.86. The van der Waals surface area contributed by atoms with Gasteiger partial charge in [-0.05, 0) is 37.9 Å². The van der Waals surface area contributed by atoms with Crippen molar-refractivity contribution >= 4 is 5.97 Å². The number of nitrogens with zero attached hydrogens (tertiary/aromatic N) is 5. The number of tetrazole rings is 1. The summed E-state index contributed by atoms with van der Waals surface area (Å²) in [7, 11) is 3.82. The van der Waals surface area contributed by atoms with E-state index in [4.69, 9.17) is 0 Å². The molecule has 0 aliphatic rings. The molecule has 1 atom stereocenters. The van der Waals surface area contributed by atoms with Crippen molar-refractivity contribution in [3.05, 3.63) is 5.82 Å². The molecule has 1 N–H and O–H groups in total. The van der Waals surface area contributed by atoms with Crippen LogP contribution >= 0.6 is 0 Å². The van der Waals surface area contributed by atoms with Crippen LogP contribution in [0.2, 0.25) is 0 Å². The molecule has 96 valence electrons. The van der Waals surface area contributed by atoms with E-state index in [0.717, 1.165) is 0 Å². The van der Waals surface area contributed by atoms with Crippen LogP contribution in [0.25, 0.3) is 0 Å². The van der Waals surface area contributed by atoms with Crippen molar-refractivity contribution in [2.75, 3.05) is 14.1 Å². The molecular formula is C10H19N5O2. The lowest BCUT2D eigenvalue weighted by Gasteiger charge is -2.23. The van der Waals surface area contributed by atoms with Gasteiger partial charge in [0, 0.05) is 0 Å². The summed E-state index contributed by atoms with van der Waals surface area (Å²) < 4.78 is 1.57. The quantitative estimate of drug-likeness (QED) is 0.767. The third-order valence-electron chi connectivity index (χ3n) is 2.86. The number of hydrogen-bond donors (Lipinski definition) is 1. The van der Waals surface area contributed by atoms with Gasteiger partial charge in [-0.3, -0.25) is 4.79 Å². The van der Waals surface area contributed by atoms with Gasteiger partial charge >= 0.3 is 5.97 Å². The van der Waals surface area contributed by atoms with Crippen molar-refractivity contribution < 1.29 is 9.90 Å². The van der Waals surface area contributed by atoms with E-state index in [2.05, 4.69) is 15.5 Å². The second kappa shape index (κ2) is 5.22. The maximum atomic E-state index is 11.2. The monoisotopic (exact) mass is 241 g/mol. The highest BCUT2D eigenvalue weighted by Gasteiger charge is 2.33. The highest BCUT2D eigenvalue weighted by Crippen LogP contribution is 2.23. The van der Waals surface area contributed by atoms with Crippen LogP contribution in [0.3, 0.4) is 0 Å². The second-order valence-corrected chi connectivity index (χ2v) is 4.71. The molecule has 0 aromatic carbocycles. The fourth-order valence-electron chi connectivity index (χ4n) is 1.40. The van der Waals surface area contributed by atoms with E-state index in [-0.39, 0.29) is 6.54 Å². The molecule has 1 rings (SSSR count). The largest absolute Gasteiger partial charge is 0.481 e. The van der Waals surface area contributed by atoms with Crippen LogP contribution in [0.4, 0.5) is 0 Å². The molecule has 0 saturated heterocycles. The Morgan fingerprint density at radius 3 is 2.65 bits per heavy atom. The molecule has 7 heteroatoms. The fourth-order valence-corrected chi connectivity index (χ4v) is 1.40. The van der Waals surface area contributed by atoms with Crippen LogP contribution in [0.1, 0.15) is 26.1 Å². The number of rotatable bonds is 6. The number of carboxylic acid groups (broad SMARTS) is 1. The van der Waals surface area contributed by atoms with Gasteiger partial charge in [-0.1, -0.05) is 6.92 Å². The molecule has 0 amide bonds. The molecule has 0 aliphatic heterocycles. The number of aliphatic carboxylic acids is 1. The summed E-state index contributed by atoms with van der Waals surface area (Å²) in [4.78, 5) is 13.2. The lowest BCUT2D eigenvalue weighted by molar-refractivity contribution is -0.149. The normalized spacial score (nSPS) is 14.9. The minimum absolute atomic E-state index is 0.287. The van der Waals surface area contributed by atoms with Gasteiger partial charge in [0.15, 0.2) is 5.82 Å². The maximum Gasteiger partial charge on any atom is 0.311 e. The Hall–Kier alpha value is -1.50. The summed E-state index contributed by atoms with van der Waals surface area (Å²) in [6.45, 7) is 4.43. The first kappa shape index (κ1) is 13.6. The number of carbonyl (C=O) groups is 1. The number of aromatic nitrogens is 4. The lowest BCUT2D eigenvalue weighted by Crippen LogP contribution is -2.33. The first-order valence-corrected chi connectivity index (χ1v) is 5.52. The summed E-state index contributed by atoms with van der Waals surface area (Å²) in [6, 6.07) is 0. The first-order chi connectivity index (χ1) is 7.89. The summed E-state index contributed by atoms with van der Waals surface area (Å²) in [6.07, 6.45) is 0.531. The first-order valence-electron chi connectivity index (χ1n) is 5.52. The van der Waals surface area contributed by atoms with Gasteiger partial charge in [-0.15, -0.1) is 5.10 Å². The Morgan fingerprint density at radius 2 is 2.18 bits per heavy atom. The zero-order valence-electron chi connectivity index (χ0n) is 10.7. The molecule has 17 heavy (non-hydrogen) atoms. The van der Waals surface area contributed by atoms with Crippen LogP contribution < -0.4 is 0 Å². The minimum Gasteiger partial charge on any atom is -0.481 e. The Labute approximate surface area is 100 Å². The van der Waals surface area contributed by atoms with E-state index >= 15 is 0 Å². The maximum absolute atomic E-state index is 11.2. The van der Waals surface area contributed by atoms with Gasteiger partial charge in [0.1, 0.15) is 0 Å². The Morgan fingerprint density at radius 1 is 1.53 bits per heavy atom. The van der Waals surface area contributed by atoms with Crippen LogP contribution in [0.5, 0.6) is 0 Å². The van der Waals surface area contributed by atoms with Crippen LogP contribution in [0, 0.1) is 5.41 Å². The summed E-state index contributed by atoms with van der Waals surface area (Å²) in [5.41, 5.74) is -0.837. The smallest absolute Gasteiger partial charge is 0.311 e. The average Bonchev–Trinajstić information content (AvgIpc) is 2.64. The topological polar surface area (TPSA) is 84.1 Å². The fraction of sp³-hybridized carbons (Fsp3) is 0.800. The van der Waals surface area contributed by atoms with E-state index in [0.29, 0.717) is 18.8 Å². The van der Waals surface area contributed by atoms with Gasteiger partial charge in [0.2, 0.25) is 0 Å². The standard InChI is InChI=1S/C10H19N5O2/c1-5-10(2,9(16)17)7-15-8(6-14(3)4)11-12-13-15/h5-7H2,1-4H3,(H,16,17). The van der Waals surface area contributed by atoms with Crippen molar-refractivity contribution in [1.29, 1.82) is 0 Å². The SMILES string of the molecule is CCC(C)(Cn1nnnc1CN(C)C)C(=O)O. The lowest BCUT2D eigenvalue weighted by atomic mass is 9.88. The highest BCUT2D eigenvalue weighted by molar-refractivity contribution is 5.73. The second-order valence-electron chi connectivity index (χ2n) is 4.71. The zero-order chi connectivity index (χ0) is 13.1. The average molecular weight is 241 g/mol. The molecule has 0 spiro atoms. The molecule has 1 unspecified atom stereocenters. The third kappa shape index (κ3) is 3.23. The zero-order valence-corrected chi connectivity index (χ0v) is 10.7. The van der Waals surface area contributed by atoms with Crippen molar-refractivity contribution in [3.8, 4) is 0 Å². The number of carboxylic acids is 1. The molecule has 0 fully saturated rings. The molecule has 1 aromatic heterocycles. The van der Waals surface area contributed by atoms with Crippen molar-refractivity contribution in [1.82, 2.24) is 25.1 Å². The van der Waals surface area contributed by atoms with Gasteiger partial charge in [0.25, 0.3) is 0 Å². The van der Waals surface area contributed by atoms with Crippen molar-refractivity contribution in [2.24, 2.45) is 5.41 Å². The summed E-state index contributed by atoms with van der Waals surface area (Å²) >= 11 is 0. The Balaban J connectivity index is 2.87. The molecule has 0 bridgehead atoms. The van der Waals surface area contributed by atoms with Gasteiger partial charge in [-0.2, -0.15) is 0 Å². The molecule has 0 radical (unpaired) electrons. The molecular weight excluding hydrogens is 222 g/mol. The molecule has 0 saturated carbocycles. The predicted molar refractivity (Wildman–Crippen MR) is 61.2 cm³/mol. The van der Waals surface area contributed by atoms with E-state index in [9.17, 15) is 9.90 Å². The van der Waals surface area contributed by atoms with E-state index < -0.39 is 11.4 Å². The Bertz CT molecular complexity index is 390. The van der Waals surface area contributed by atoms with Gasteiger partial charge in [0.05, 0.1) is 18.5 Å². The van der Waals surface area contributed by atoms with Gasteiger partial charge < -0.3 is 10.0 Å². The molecule has 7 nitrogen and oxygen atoms in total. The van der Waals surface area contributed by atoms with Crippen LogP contribution in [-0.4, -0.2) is 50.3 Å². The highest BCUT2D eigenvalue weighted by atomic mass is 16.4. The van der Waals surface area contributed by atoms with Crippen LogP contribution in [0.15, 0.2) is 0 Å². The number of hydrogen-bond acceptors (Lipinski definition) is 5. The molecule has 1 aromatic rings. The van der Waals surface area contributed by atoms with Crippen LogP contribution in [-0.2, 0) is 17.9 Å².